The third-order valence-corrected chi connectivity index (χ3v) is 1.97. The van der Waals surface area contributed by atoms with Gasteiger partial charge < -0.3 is 10.5 Å². The van der Waals surface area contributed by atoms with E-state index in [1.807, 2.05) is 0 Å². The number of nitrogens with zero attached hydrogens (tertiary/aromatic N) is 1. The normalized spacial score (nSPS) is 10.6. The standard InChI is InChI=1S/C10H11F3N2O2/c1-2-17-8(16)3-5-6(11)4-7(9(12)13)15-10(5)14/h4,9H,2-3H2,1H3,(H2,14,15). The van der Waals surface area contributed by atoms with E-state index >= 15 is 0 Å². The zero-order valence-electron chi connectivity index (χ0n) is 9.04. The van der Waals surface area contributed by atoms with Gasteiger partial charge in [0.25, 0.3) is 6.43 Å². The molecule has 0 amide bonds. The molecule has 94 valence electrons. The SMILES string of the molecule is CCOC(=O)Cc1c(F)cc(C(F)F)nc1N. The summed E-state index contributed by atoms with van der Waals surface area (Å²) in [5, 5.41) is 0. The number of aromatic nitrogens is 1. The molecule has 0 bridgehead atoms. The Balaban J connectivity index is 2.97. The van der Waals surface area contributed by atoms with Crippen molar-refractivity contribution in [2.75, 3.05) is 12.3 Å². The van der Waals surface area contributed by atoms with Gasteiger partial charge in [-0.2, -0.15) is 0 Å². The molecule has 1 heterocycles. The summed E-state index contributed by atoms with van der Waals surface area (Å²) in [6.07, 6.45) is -3.34. The first-order valence-electron chi connectivity index (χ1n) is 4.84. The molecule has 0 radical (unpaired) electrons. The Kier molecular flexibility index (Phi) is 4.30. The molecule has 7 heteroatoms. The summed E-state index contributed by atoms with van der Waals surface area (Å²) < 4.78 is 42.5. The molecule has 0 aliphatic heterocycles. The van der Waals surface area contributed by atoms with Crippen molar-refractivity contribution in [3.63, 3.8) is 0 Å². The number of rotatable bonds is 4. The van der Waals surface area contributed by atoms with Gasteiger partial charge in [-0.1, -0.05) is 0 Å². The van der Waals surface area contributed by atoms with Crippen molar-refractivity contribution in [2.24, 2.45) is 0 Å². The van der Waals surface area contributed by atoms with E-state index in [9.17, 15) is 18.0 Å². The molecule has 0 aliphatic rings. The molecule has 0 spiro atoms. The number of anilines is 1. The minimum absolute atomic E-state index is 0.142. The third kappa shape index (κ3) is 3.33. The number of halogens is 3. The highest BCUT2D eigenvalue weighted by molar-refractivity contribution is 5.74. The van der Waals surface area contributed by atoms with Crippen LogP contribution >= 0.6 is 0 Å². The van der Waals surface area contributed by atoms with E-state index < -0.39 is 36.1 Å². The van der Waals surface area contributed by atoms with Gasteiger partial charge in [-0.3, -0.25) is 4.79 Å². The van der Waals surface area contributed by atoms with Gasteiger partial charge in [-0.25, -0.2) is 18.2 Å². The molecule has 0 aliphatic carbocycles. The Morgan fingerprint density at radius 1 is 1.59 bits per heavy atom. The topological polar surface area (TPSA) is 65.2 Å². The molecule has 0 saturated carbocycles. The maximum atomic E-state index is 13.4. The Labute approximate surface area is 95.6 Å². The highest BCUT2D eigenvalue weighted by Crippen LogP contribution is 2.23. The molecule has 0 saturated heterocycles. The van der Waals surface area contributed by atoms with Crippen LogP contribution in [0.4, 0.5) is 19.0 Å². The number of alkyl halides is 2. The Hall–Kier alpha value is -1.79. The van der Waals surface area contributed by atoms with E-state index in [0.717, 1.165) is 0 Å². The molecule has 0 aromatic carbocycles. The summed E-state index contributed by atoms with van der Waals surface area (Å²) in [5.41, 5.74) is 4.33. The van der Waals surface area contributed by atoms with Gasteiger partial charge in [0.1, 0.15) is 17.3 Å². The zero-order chi connectivity index (χ0) is 13.0. The quantitative estimate of drug-likeness (QED) is 0.826. The molecule has 0 atom stereocenters. The summed E-state index contributed by atoms with van der Waals surface area (Å²) >= 11 is 0. The van der Waals surface area contributed by atoms with Crippen LogP contribution in [0, 0.1) is 5.82 Å². The summed E-state index contributed by atoms with van der Waals surface area (Å²) in [4.78, 5) is 14.4. The van der Waals surface area contributed by atoms with Crippen LogP contribution in [0.1, 0.15) is 24.6 Å². The van der Waals surface area contributed by atoms with Gasteiger partial charge in [-0.15, -0.1) is 0 Å². The number of nitrogen functional groups attached to an aromatic ring is 1. The first kappa shape index (κ1) is 13.3. The van der Waals surface area contributed by atoms with Crippen LogP contribution in [-0.4, -0.2) is 17.6 Å². The lowest BCUT2D eigenvalue weighted by molar-refractivity contribution is -0.142. The van der Waals surface area contributed by atoms with E-state index in [-0.39, 0.29) is 12.2 Å². The maximum Gasteiger partial charge on any atom is 0.310 e. The highest BCUT2D eigenvalue weighted by atomic mass is 19.3. The largest absolute Gasteiger partial charge is 0.466 e. The van der Waals surface area contributed by atoms with Crippen LogP contribution in [0.2, 0.25) is 0 Å². The van der Waals surface area contributed by atoms with Gasteiger partial charge >= 0.3 is 5.97 Å². The lowest BCUT2D eigenvalue weighted by Crippen LogP contribution is -2.12. The number of pyridine rings is 1. The molecule has 0 fully saturated rings. The van der Waals surface area contributed by atoms with Gasteiger partial charge in [0.15, 0.2) is 0 Å². The number of esters is 1. The molecule has 0 unspecified atom stereocenters. The minimum atomic E-state index is -2.91. The van der Waals surface area contributed by atoms with Crippen molar-refractivity contribution >= 4 is 11.8 Å². The van der Waals surface area contributed by atoms with Gasteiger partial charge in [0, 0.05) is 11.6 Å². The summed E-state index contributed by atoms with van der Waals surface area (Å²) in [5.74, 6) is -2.10. The van der Waals surface area contributed by atoms with Crippen molar-refractivity contribution < 1.29 is 22.7 Å². The highest BCUT2D eigenvalue weighted by Gasteiger charge is 2.18. The Bertz CT molecular complexity index is 401. The van der Waals surface area contributed by atoms with E-state index in [2.05, 4.69) is 9.72 Å². The molecule has 4 nitrogen and oxygen atoms in total. The third-order valence-electron chi connectivity index (χ3n) is 1.97. The number of carbonyl (C=O) groups excluding carboxylic acids is 1. The van der Waals surface area contributed by atoms with E-state index in [1.165, 1.54) is 0 Å². The fourth-order valence-electron chi connectivity index (χ4n) is 1.22. The zero-order valence-corrected chi connectivity index (χ0v) is 9.04. The second-order valence-corrected chi connectivity index (χ2v) is 3.18. The molecular formula is C10H11F3N2O2. The average molecular weight is 248 g/mol. The van der Waals surface area contributed by atoms with Crippen molar-refractivity contribution in [3.05, 3.63) is 23.1 Å². The number of nitrogens with two attached hydrogens (primary N) is 1. The van der Waals surface area contributed by atoms with E-state index in [0.29, 0.717) is 6.07 Å². The molecular weight excluding hydrogens is 237 g/mol. The number of ether oxygens (including phenoxy) is 1. The minimum Gasteiger partial charge on any atom is -0.466 e. The molecule has 1 rings (SSSR count). The van der Waals surface area contributed by atoms with Crippen LogP contribution in [0.3, 0.4) is 0 Å². The molecule has 1 aromatic heterocycles. The summed E-state index contributed by atoms with van der Waals surface area (Å²) in [6.45, 7) is 1.73. The van der Waals surface area contributed by atoms with Crippen LogP contribution in [-0.2, 0) is 16.0 Å². The monoisotopic (exact) mass is 248 g/mol. The predicted octanol–water partition coefficient (Wildman–Crippen LogP) is 1.85. The summed E-state index contributed by atoms with van der Waals surface area (Å²) in [7, 11) is 0. The Morgan fingerprint density at radius 2 is 2.24 bits per heavy atom. The molecule has 17 heavy (non-hydrogen) atoms. The number of carbonyl (C=O) groups is 1. The first-order chi connectivity index (χ1) is 7.95. The second kappa shape index (κ2) is 5.51. The number of hydrogen-bond acceptors (Lipinski definition) is 4. The van der Waals surface area contributed by atoms with E-state index in [1.54, 1.807) is 6.92 Å². The lowest BCUT2D eigenvalue weighted by atomic mass is 10.1. The molecule has 1 aromatic rings. The van der Waals surface area contributed by atoms with Crippen LogP contribution in [0.25, 0.3) is 0 Å². The van der Waals surface area contributed by atoms with Crippen LogP contribution in [0.5, 0.6) is 0 Å². The average Bonchev–Trinajstić information content (AvgIpc) is 2.23. The number of hydrogen-bond donors (Lipinski definition) is 1. The lowest BCUT2D eigenvalue weighted by Gasteiger charge is -2.08. The van der Waals surface area contributed by atoms with Gasteiger partial charge in [0.05, 0.1) is 13.0 Å². The summed E-state index contributed by atoms with van der Waals surface area (Å²) in [6, 6.07) is 0.565. The van der Waals surface area contributed by atoms with Crippen molar-refractivity contribution in [3.8, 4) is 0 Å². The fraction of sp³-hybridized carbons (Fsp3) is 0.400. The van der Waals surface area contributed by atoms with Crippen LogP contribution < -0.4 is 5.73 Å². The maximum absolute atomic E-state index is 13.4. The van der Waals surface area contributed by atoms with Crippen molar-refractivity contribution in [1.29, 1.82) is 0 Å². The van der Waals surface area contributed by atoms with Crippen molar-refractivity contribution in [2.45, 2.75) is 19.8 Å². The smallest absolute Gasteiger partial charge is 0.310 e. The van der Waals surface area contributed by atoms with Crippen molar-refractivity contribution in [1.82, 2.24) is 4.98 Å². The second-order valence-electron chi connectivity index (χ2n) is 3.18. The predicted molar refractivity (Wildman–Crippen MR) is 53.9 cm³/mol. The van der Waals surface area contributed by atoms with Gasteiger partial charge in [0.2, 0.25) is 0 Å². The van der Waals surface area contributed by atoms with E-state index in [4.69, 9.17) is 5.73 Å². The van der Waals surface area contributed by atoms with Crippen LogP contribution in [0.15, 0.2) is 6.07 Å². The fourth-order valence-corrected chi connectivity index (χ4v) is 1.22. The van der Waals surface area contributed by atoms with Gasteiger partial charge in [-0.05, 0) is 6.92 Å². The first-order valence-corrected chi connectivity index (χ1v) is 4.84. The Morgan fingerprint density at radius 3 is 2.71 bits per heavy atom. The molecule has 2 N–H and O–H groups in total.